The predicted octanol–water partition coefficient (Wildman–Crippen LogP) is 3.79. The van der Waals surface area contributed by atoms with E-state index in [1.165, 1.54) is 24.1 Å². The van der Waals surface area contributed by atoms with Crippen molar-refractivity contribution in [2.24, 2.45) is 0 Å². The lowest BCUT2D eigenvalue weighted by Crippen LogP contribution is -2.27. The molecule has 2 amide bonds. The largest absolute Gasteiger partial charge is 0.416 e. The number of halogens is 3. The van der Waals surface area contributed by atoms with Crippen LogP contribution in [-0.4, -0.2) is 28.7 Å². The third kappa shape index (κ3) is 6.40. The molecule has 0 spiro atoms. The number of alkyl halides is 3. The molecule has 2 rings (SSSR count). The minimum absolute atomic E-state index is 0.0316. The molecule has 0 atom stereocenters. The van der Waals surface area contributed by atoms with E-state index in [9.17, 15) is 22.8 Å². The number of benzene rings is 1. The number of aryl methyl sites for hydroxylation is 1. The lowest BCUT2D eigenvalue weighted by Gasteiger charge is -2.18. The van der Waals surface area contributed by atoms with Crippen molar-refractivity contribution in [1.82, 2.24) is 9.88 Å². The molecule has 1 aromatic heterocycles. The predicted molar refractivity (Wildman–Crippen MR) is 94.8 cm³/mol. The second kappa shape index (κ2) is 8.66. The maximum Gasteiger partial charge on any atom is 0.416 e. The van der Waals surface area contributed by atoms with Gasteiger partial charge in [-0.3, -0.25) is 9.59 Å². The van der Waals surface area contributed by atoms with Gasteiger partial charge in [0.1, 0.15) is 5.82 Å². The van der Waals surface area contributed by atoms with Crippen LogP contribution in [0.2, 0.25) is 0 Å². The smallest absolute Gasteiger partial charge is 0.341 e. The Balaban J connectivity index is 1.86. The van der Waals surface area contributed by atoms with Crippen LogP contribution in [0.15, 0.2) is 42.6 Å². The van der Waals surface area contributed by atoms with Crippen LogP contribution in [0.5, 0.6) is 0 Å². The summed E-state index contributed by atoms with van der Waals surface area (Å²) < 4.78 is 38.2. The van der Waals surface area contributed by atoms with E-state index in [1.54, 1.807) is 18.3 Å². The van der Waals surface area contributed by atoms with Crippen LogP contribution in [0.25, 0.3) is 0 Å². The van der Waals surface area contributed by atoms with E-state index < -0.39 is 11.7 Å². The zero-order valence-electron chi connectivity index (χ0n) is 15.0. The molecular formula is C19H20F3N3O2. The van der Waals surface area contributed by atoms with Crippen LogP contribution in [0.1, 0.15) is 29.5 Å². The van der Waals surface area contributed by atoms with Crippen LogP contribution in [-0.2, 0) is 22.3 Å². The number of nitrogens with one attached hydrogen (secondary N) is 1. The van der Waals surface area contributed by atoms with Crippen molar-refractivity contribution >= 4 is 17.6 Å². The molecule has 0 radical (unpaired) electrons. The summed E-state index contributed by atoms with van der Waals surface area (Å²) in [6.07, 6.45) is -2.95. The first-order valence-electron chi connectivity index (χ1n) is 8.28. The molecule has 1 aromatic carbocycles. The Bertz CT molecular complexity index is 822. The third-order valence-corrected chi connectivity index (χ3v) is 3.85. The molecule has 0 aliphatic heterocycles. The van der Waals surface area contributed by atoms with Gasteiger partial charge in [0.25, 0.3) is 0 Å². The van der Waals surface area contributed by atoms with Gasteiger partial charge in [-0.2, -0.15) is 13.2 Å². The van der Waals surface area contributed by atoms with E-state index in [1.807, 2.05) is 6.92 Å². The molecule has 0 saturated heterocycles. The second-order valence-corrected chi connectivity index (χ2v) is 6.21. The van der Waals surface area contributed by atoms with Gasteiger partial charge in [-0.25, -0.2) is 4.98 Å². The first-order valence-corrected chi connectivity index (χ1v) is 8.28. The van der Waals surface area contributed by atoms with Gasteiger partial charge >= 0.3 is 6.18 Å². The number of anilines is 1. The number of carbonyl (C=O) groups is 2. The maximum atomic E-state index is 12.7. The van der Waals surface area contributed by atoms with Crippen LogP contribution >= 0.6 is 0 Å². The summed E-state index contributed by atoms with van der Waals surface area (Å²) in [5.74, 6) is -0.279. The standard InChI is InChI=1S/C19H20F3N3O2/c1-13-8-9-23-16(10-13)24-17(26)6-7-18(27)25(2)12-14-4-3-5-15(11-14)19(20,21)22/h3-5,8-11H,6-7,12H2,1-2H3,(H,23,24,26). The molecule has 0 unspecified atom stereocenters. The number of hydrogen-bond donors (Lipinski definition) is 1. The molecule has 144 valence electrons. The molecule has 1 N–H and O–H groups in total. The van der Waals surface area contributed by atoms with E-state index in [0.717, 1.165) is 17.7 Å². The van der Waals surface area contributed by atoms with E-state index >= 15 is 0 Å². The highest BCUT2D eigenvalue weighted by atomic mass is 19.4. The fraction of sp³-hybridized carbons (Fsp3) is 0.316. The van der Waals surface area contributed by atoms with Gasteiger partial charge < -0.3 is 10.2 Å². The Kier molecular flexibility index (Phi) is 6.55. The van der Waals surface area contributed by atoms with Crippen molar-refractivity contribution in [3.63, 3.8) is 0 Å². The number of aromatic nitrogens is 1. The van der Waals surface area contributed by atoms with E-state index in [2.05, 4.69) is 10.3 Å². The molecule has 1 heterocycles. The number of rotatable bonds is 6. The van der Waals surface area contributed by atoms with E-state index in [-0.39, 0.29) is 31.2 Å². The Hall–Kier alpha value is -2.90. The molecule has 2 aromatic rings. The number of hydrogen-bond acceptors (Lipinski definition) is 3. The maximum absolute atomic E-state index is 12.7. The zero-order chi connectivity index (χ0) is 20.0. The van der Waals surface area contributed by atoms with Gasteiger partial charge in [0.15, 0.2) is 0 Å². The summed E-state index contributed by atoms with van der Waals surface area (Å²) in [5, 5.41) is 2.61. The first-order chi connectivity index (χ1) is 12.6. The number of pyridine rings is 1. The van der Waals surface area contributed by atoms with Crippen molar-refractivity contribution in [3.8, 4) is 0 Å². The molecule has 0 aliphatic rings. The average Bonchev–Trinajstić information content (AvgIpc) is 2.59. The lowest BCUT2D eigenvalue weighted by atomic mass is 10.1. The summed E-state index contributed by atoms with van der Waals surface area (Å²) >= 11 is 0. The van der Waals surface area contributed by atoms with Gasteiger partial charge in [0.05, 0.1) is 5.56 Å². The Morgan fingerprint density at radius 3 is 2.56 bits per heavy atom. The minimum Gasteiger partial charge on any atom is -0.341 e. The summed E-state index contributed by atoms with van der Waals surface area (Å²) in [6.45, 7) is 1.90. The SMILES string of the molecule is Cc1ccnc(NC(=O)CCC(=O)N(C)Cc2cccc(C(F)(F)F)c2)c1. The molecule has 5 nitrogen and oxygen atoms in total. The highest BCUT2D eigenvalue weighted by Crippen LogP contribution is 2.29. The van der Waals surface area contributed by atoms with Gasteiger partial charge in [-0.15, -0.1) is 0 Å². The minimum atomic E-state index is -4.43. The van der Waals surface area contributed by atoms with Crippen molar-refractivity contribution in [2.75, 3.05) is 12.4 Å². The van der Waals surface area contributed by atoms with Gasteiger partial charge in [0, 0.05) is 32.6 Å². The fourth-order valence-electron chi connectivity index (χ4n) is 2.43. The summed E-state index contributed by atoms with van der Waals surface area (Å²) in [7, 11) is 1.49. The molecule has 0 bridgehead atoms. The van der Waals surface area contributed by atoms with Crippen LogP contribution in [0, 0.1) is 6.92 Å². The third-order valence-electron chi connectivity index (χ3n) is 3.85. The average molecular weight is 379 g/mol. The summed E-state index contributed by atoms with van der Waals surface area (Å²) in [4.78, 5) is 29.4. The van der Waals surface area contributed by atoms with Crippen molar-refractivity contribution < 1.29 is 22.8 Å². The number of carbonyl (C=O) groups excluding carboxylic acids is 2. The van der Waals surface area contributed by atoms with Gasteiger partial charge in [-0.1, -0.05) is 12.1 Å². The summed E-state index contributed by atoms with van der Waals surface area (Å²) in [5.41, 5.74) is 0.553. The molecular weight excluding hydrogens is 359 g/mol. The molecule has 8 heteroatoms. The molecule has 0 fully saturated rings. The monoisotopic (exact) mass is 379 g/mol. The Morgan fingerprint density at radius 2 is 1.89 bits per heavy atom. The highest BCUT2D eigenvalue weighted by molar-refractivity contribution is 5.92. The molecule has 27 heavy (non-hydrogen) atoms. The van der Waals surface area contributed by atoms with E-state index in [4.69, 9.17) is 0 Å². The topological polar surface area (TPSA) is 62.3 Å². The van der Waals surface area contributed by atoms with Crippen LogP contribution < -0.4 is 5.32 Å². The second-order valence-electron chi connectivity index (χ2n) is 6.21. The molecule has 0 aliphatic carbocycles. The Labute approximate surface area is 155 Å². The van der Waals surface area contributed by atoms with E-state index in [0.29, 0.717) is 11.4 Å². The Morgan fingerprint density at radius 1 is 1.15 bits per heavy atom. The van der Waals surface area contributed by atoms with Crippen molar-refractivity contribution in [1.29, 1.82) is 0 Å². The van der Waals surface area contributed by atoms with Crippen molar-refractivity contribution in [2.45, 2.75) is 32.5 Å². The first kappa shape index (κ1) is 20.4. The van der Waals surface area contributed by atoms with Crippen LogP contribution in [0.4, 0.5) is 19.0 Å². The highest BCUT2D eigenvalue weighted by Gasteiger charge is 2.30. The van der Waals surface area contributed by atoms with Gasteiger partial charge in [-0.05, 0) is 42.3 Å². The fourth-order valence-corrected chi connectivity index (χ4v) is 2.43. The van der Waals surface area contributed by atoms with Gasteiger partial charge in [0.2, 0.25) is 11.8 Å². The normalized spacial score (nSPS) is 11.1. The number of nitrogens with zero attached hydrogens (tertiary/aromatic N) is 2. The number of amides is 2. The quantitative estimate of drug-likeness (QED) is 0.831. The lowest BCUT2D eigenvalue weighted by molar-refractivity contribution is -0.137. The molecule has 0 saturated carbocycles. The van der Waals surface area contributed by atoms with Crippen LogP contribution in [0.3, 0.4) is 0 Å². The van der Waals surface area contributed by atoms with Crippen molar-refractivity contribution in [3.05, 3.63) is 59.3 Å². The zero-order valence-corrected chi connectivity index (χ0v) is 15.0. The summed E-state index contributed by atoms with van der Waals surface area (Å²) in [6, 6.07) is 8.32.